The molecule has 0 bridgehead atoms. The van der Waals surface area contributed by atoms with Gasteiger partial charge in [-0.05, 0) is 29.3 Å². The molecule has 0 radical (unpaired) electrons. The van der Waals surface area contributed by atoms with Crippen molar-refractivity contribution in [2.75, 3.05) is 13.2 Å². The highest BCUT2D eigenvalue weighted by Gasteiger charge is 2.18. The Morgan fingerprint density at radius 1 is 1.14 bits per heavy atom. The molecule has 0 aliphatic rings. The first-order valence-electron chi connectivity index (χ1n) is 11.1. The first-order chi connectivity index (χ1) is 17.0. The highest BCUT2D eigenvalue weighted by molar-refractivity contribution is 7.18. The average molecular weight is 513 g/mol. The first-order valence-corrected chi connectivity index (χ1v) is 12.3. The fourth-order valence-corrected chi connectivity index (χ4v) is 4.87. The summed E-state index contributed by atoms with van der Waals surface area (Å²) in [5.41, 5.74) is 1.24. The van der Waals surface area contributed by atoms with Gasteiger partial charge in [0.05, 0.1) is 25.2 Å². The van der Waals surface area contributed by atoms with Gasteiger partial charge in [0, 0.05) is 29.2 Å². The highest BCUT2D eigenvalue weighted by atomic mass is 35.5. The summed E-state index contributed by atoms with van der Waals surface area (Å²) in [7, 11) is 0. The molecule has 3 N–H and O–H groups in total. The van der Waals surface area contributed by atoms with Crippen LogP contribution in [0.3, 0.4) is 0 Å². The van der Waals surface area contributed by atoms with Gasteiger partial charge in [-0.3, -0.25) is 9.59 Å². The van der Waals surface area contributed by atoms with Crippen LogP contribution in [0.5, 0.6) is 0 Å². The lowest BCUT2D eigenvalue weighted by Gasteiger charge is -2.11. The zero-order valence-corrected chi connectivity index (χ0v) is 20.4. The molecule has 0 fully saturated rings. The fourth-order valence-electron chi connectivity index (χ4n) is 3.65. The molecule has 35 heavy (non-hydrogen) atoms. The summed E-state index contributed by atoms with van der Waals surface area (Å²) in [6, 6.07) is 18.0. The molecule has 0 spiro atoms. The number of nitrogens with one attached hydrogen (secondary N) is 1. The third-order valence-electron chi connectivity index (χ3n) is 5.45. The van der Waals surface area contributed by atoms with Crippen LogP contribution >= 0.6 is 22.9 Å². The molecule has 4 rings (SSSR count). The molecule has 2 heterocycles. The summed E-state index contributed by atoms with van der Waals surface area (Å²) in [6.07, 6.45) is 0.731. The average Bonchev–Trinajstić information content (AvgIpc) is 3.30. The molecule has 1 amide bonds. The fraction of sp³-hybridized carbons (Fsp3) is 0.231. The first kappa shape index (κ1) is 25.1. The number of hydrogen-bond donors (Lipinski definition) is 3. The van der Waals surface area contributed by atoms with Crippen molar-refractivity contribution in [3.8, 4) is 0 Å². The summed E-state index contributed by atoms with van der Waals surface area (Å²) >= 11 is 7.26. The Kier molecular flexibility index (Phi) is 8.33. The highest BCUT2D eigenvalue weighted by Crippen LogP contribution is 2.25. The summed E-state index contributed by atoms with van der Waals surface area (Å²) in [5, 5.41) is 23.6. The number of ether oxygens (including phenoxy) is 1. The van der Waals surface area contributed by atoms with Crippen molar-refractivity contribution in [2.45, 2.75) is 25.8 Å². The van der Waals surface area contributed by atoms with E-state index in [2.05, 4.69) is 5.32 Å². The number of aliphatic hydroxyl groups is 2. The number of carbonyl (C=O) groups excluding carboxylic acids is 1. The Hall–Kier alpha value is -3.01. The van der Waals surface area contributed by atoms with Crippen LogP contribution in [0.1, 0.15) is 32.5 Å². The monoisotopic (exact) mass is 512 g/mol. The maximum atomic E-state index is 13.1. The van der Waals surface area contributed by atoms with Gasteiger partial charge in [-0.15, -0.1) is 11.3 Å². The van der Waals surface area contributed by atoms with Gasteiger partial charge in [-0.1, -0.05) is 54.1 Å². The van der Waals surface area contributed by atoms with Gasteiger partial charge < -0.3 is 24.8 Å². The molecule has 182 valence electrons. The van der Waals surface area contributed by atoms with E-state index in [-0.39, 0.29) is 43.9 Å². The molecular weight excluding hydrogens is 488 g/mol. The number of nitrogens with zero attached hydrogens (tertiary/aromatic N) is 1. The van der Waals surface area contributed by atoms with E-state index in [1.165, 1.54) is 17.5 Å². The number of rotatable bonds is 10. The van der Waals surface area contributed by atoms with Crippen LogP contribution in [-0.2, 0) is 24.4 Å². The van der Waals surface area contributed by atoms with Crippen LogP contribution in [0.15, 0.2) is 71.7 Å². The molecule has 1 atom stereocenters. The van der Waals surface area contributed by atoms with Gasteiger partial charge >= 0.3 is 0 Å². The van der Waals surface area contributed by atoms with Gasteiger partial charge in [-0.2, -0.15) is 0 Å². The van der Waals surface area contributed by atoms with Crippen molar-refractivity contribution < 1.29 is 19.7 Å². The van der Waals surface area contributed by atoms with Crippen molar-refractivity contribution in [1.29, 1.82) is 0 Å². The third-order valence-corrected chi connectivity index (χ3v) is 6.85. The quantitative estimate of drug-likeness (QED) is 0.299. The maximum absolute atomic E-state index is 13.1. The number of pyridine rings is 1. The smallest absolute Gasteiger partial charge is 0.257 e. The van der Waals surface area contributed by atoms with Gasteiger partial charge in [0.25, 0.3) is 5.91 Å². The summed E-state index contributed by atoms with van der Waals surface area (Å²) in [5.74, 6) is -0.492. The van der Waals surface area contributed by atoms with E-state index in [4.69, 9.17) is 16.3 Å². The minimum absolute atomic E-state index is 0.00433. The van der Waals surface area contributed by atoms with Crippen LogP contribution in [-0.4, -0.2) is 33.9 Å². The Bertz CT molecular complexity index is 1350. The minimum atomic E-state index is -0.754. The third kappa shape index (κ3) is 6.17. The second-order valence-electron chi connectivity index (χ2n) is 7.97. The topological polar surface area (TPSA) is 101 Å². The van der Waals surface area contributed by atoms with Crippen molar-refractivity contribution in [3.05, 3.63) is 104 Å². The van der Waals surface area contributed by atoms with Crippen LogP contribution in [0, 0.1) is 0 Å². The molecule has 2 aromatic carbocycles. The standard InChI is InChI=1S/C26H25ClN2O5S/c27-19-8-6-17(7-9-19)13-28-25(33)22-14-29(10-11-30)26-21(24(22)32)12-20(35-26)15-34-16-23(31)18-4-2-1-3-5-18/h1-9,12,14,23,30-31H,10-11,13,15-16H2,(H,28,33)/t23-/m0/s1. The van der Waals surface area contributed by atoms with E-state index >= 15 is 0 Å². The molecular formula is C26H25ClN2O5S. The van der Waals surface area contributed by atoms with Crippen LogP contribution < -0.4 is 10.7 Å². The van der Waals surface area contributed by atoms with E-state index < -0.39 is 12.0 Å². The lowest BCUT2D eigenvalue weighted by atomic mass is 10.1. The maximum Gasteiger partial charge on any atom is 0.257 e. The number of halogens is 1. The molecule has 0 unspecified atom stereocenters. The molecule has 9 heteroatoms. The second kappa shape index (κ2) is 11.6. The van der Waals surface area contributed by atoms with E-state index in [9.17, 15) is 19.8 Å². The van der Waals surface area contributed by atoms with E-state index in [1.807, 2.05) is 30.3 Å². The van der Waals surface area contributed by atoms with Crippen molar-refractivity contribution in [1.82, 2.24) is 9.88 Å². The number of benzene rings is 2. The predicted octanol–water partition coefficient (Wildman–Crippen LogP) is 3.89. The molecule has 0 saturated carbocycles. The number of aliphatic hydroxyl groups excluding tert-OH is 2. The lowest BCUT2D eigenvalue weighted by molar-refractivity contribution is 0.0287. The molecule has 2 aromatic heterocycles. The molecule has 0 aliphatic carbocycles. The Morgan fingerprint density at radius 2 is 1.89 bits per heavy atom. The van der Waals surface area contributed by atoms with E-state index in [0.717, 1.165) is 16.0 Å². The zero-order chi connectivity index (χ0) is 24.8. The lowest BCUT2D eigenvalue weighted by Crippen LogP contribution is -2.29. The minimum Gasteiger partial charge on any atom is -0.395 e. The van der Waals surface area contributed by atoms with E-state index in [1.54, 1.807) is 34.9 Å². The van der Waals surface area contributed by atoms with Gasteiger partial charge in [0.15, 0.2) is 0 Å². The molecule has 0 aliphatic heterocycles. The van der Waals surface area contributed by atoms with Crippen molar-refractivity contribution in [3.63, 3.8) is 0 Å². The number of fused-ring (bicyclic) bond motifs is 1. The Morgan fingerprint density at radius 3 is 2.60 bits per heavy atom. The van der Waals surface area contributed by atoms with Gasteiger partial charge in [-0.25, -0.2) is 0 Å². The summed E-state index contributed by atoms with van der Waals surface area (Å²) in [6.45, 7) is 0.663. The largest absolute Gasteiger partial charge is 0.395 e. The number of thiophene rings is 1. The number of amides is 1. The van der Waals surface area contributed by atoms with Crippen LogP contribution in [0.4, 0.5) is 0 Å². The van der Waals surface area contributed by atoms with Gasteiger partial charge in [0.2, 0.25) is 5.43 Å². The SMILES string of the molecule is O=C(NCc1ccc(Cl)cc1)c1cn(CCO)c2sc(COC[C@H](O)c3ccccc3)cc2c1=O. The molecule has 4 aromatic rings. The predicted molar refractivity (Wildman–Crippen MR) is 137 cm³/mol. The van der Waals surface area contributed by atoms with Crippen LogP contribution in [0.25, 0.3) is 10.2 Å². The van der Waals surface area contributed by atoms with Crippen LogP contribution in [0.2, 0.25) is 5.02 Å². The van der Waals surface area contributed by atoms with Gasteiger partial charge in [0.1, 0.15) is 16.5 Å². The summed E-state index contributed by atoms with van der Waals surface area (Å²) < 4.78 is 7.40. The number of aromatic nitrogens is 1. The van der Waals surface area contributed by atoms with E-state index in [0.29, 0.717) is 15.2 Å². The Labute approximate surface area is 211 Å². The van der Waals surface area contributed by atoms with Crippen molar-refractivity contribution >= 4 is 39.1 Å². The van der Waals surface area contributed by atoms with Crippen molar-refractivity contribution in [2.24, 2.45) is 0 Å². The second-order valence-corrected chi connectivity index (χ2v) is 9.52. The molecule has 0 saturated heterocycles. The molecule has 7 nitrogen and oxygen atoms in total. The summed E-state index contributed by atoms with van der Waals surface area (Å²) in [4.78, 5) is 27.4. The Balaban J connectivity index is 1.50. The normalized spacial score (nSPS) is 12.1. The number of hydrogen-bond acceptors (Lipinski definition) is 6. The zero-order valence-electron chi connectivity index (χ0n) is 18.8. The number of carbonyl (C=O) groups is 1.